The lowest BCUT2D eigenvalue weighted by Crippen LogP contribution is -2.41. The van der Waals surface area contributed by atoms with E-state index in [9.17, 15) is 4.79 Å². The van der Waals surface area contributed by atoms with E-state index in [-0.39, 0.29) is 11.9 Å². The first kappa shape index (κ1) is 19.6. The van der Waals surface area contributed by atoms with Gasteiger partial charge in [-0.25, -0.2) is 0 Å². The van der Waals surface area contributed by atoms with Crippen LogP contribution in [0.25, 0.3) is 6.08 Å². The summed E-state index contributed by atoms with van der Waals surface area (Å²) in [6, 6.07) is 16.3. The molecule has 1 heterocycles. The Bertz CT molecular complexity index is 913. The molecule has 4 rings (SSSR count). The topological polar surface area (TPSA) is 41.6 Å². The molecular weight excluding hydrogens is 380 g/mol. The molecule has 2 aromatic carbocycles. The maximum atomic E-state index is 12.9. The van der Waals surface area contributed by atoms with Gasteiger partial charge in [-0.3, -0.25) is 9.69 Å². The van der Waals surface area contributed by atoms with Crippen LogP contribution in [0.15, 0.2) is 54.2 Å². The van der Waals surface area contributed by atoms with Gasteiger partial charge in [0.1, 0.15) is 18.1 Å². The van der Waals surface area contributed by atoms with Crippen LogP contribution in [0.5, 0.6) is 5.75 Å². The minimum Gasteiger partial charge on any atom is -0.489 e. The van der Waals surface area contributed by atoms with Crippen LogP contribution in [0.2, 0.25) is 0 Å². The van der Waals surface area contributed by atoms with Gasteiger partial charge in [-0.2, -0.15) is 0 Å². The van der Waals surface area contributed by atoms with E-state index in [1.165, 1.54) is 24.8 Å². The first-order valence-electron chi connectivity index (χ1n) is 10.2. The first-order chi connectivity index (χ1) is 14.1. The highest BCUT2D eigenvalue weighted by atomic mass is 32.1. The van der Waals surface area contributed by atoms with Gasteiger partial charge < -0.3 is 10.1 Å². The summed E-state index contributed by atoms with van der Waals surface area (Å²) in [6.45, 7) is 2.61. The minimum atomic E-state index is -0.0124. The summed E-state index contributed by atoms with van der Waals surface area (Å²) in [5.41, 5.74) is 3.87. The highest BCUT2D eigenvalue weighted by Crippen LogP contribution is 2.27. The number of aryl methyl sites for hydroxylation is 1. The number of carbonyl (C=O) groups is 1. The van der Waals surface area contributed by atoms with Gasteiger partial charge in [-0.15, -0.1) is 0 Å². The standard InChI is InChI=1S/C24H26N2O2S/c1-17-7-9-19(10-8-17)16-28-21-13-11-18(12-14-21)15-22-23(27)26(24(29)25-22)20-5-3-2-4-6-20/h7-15,20H,2-6,16H2,1H3,(H,25,29). The van der Waals surface area contributed by atoms with Crippen LogP contribution in [0.4, 0.5) is 0 Å². The van der Waals surface area contributed by atoms with E-state index in [0.29, 0.717) is 17.4 Å². The fourth-order valence-electron chi connectivity index (χ4n) is 3.90. The Kier molecular flexibility index (Phi) is 5.95. The zero-order valence-electron chi connectivity index (χ0n) is 16.7. The number of rotatable bonds is 5. The van der Waals surface area contributed by atoms with Crippen molar-refractivity contribution in [2.75, 3.05) is 0 Å². The molecule has 0 unspecified atom stereocenters. The van der Waals surface area contributed by atoms with Crippen LogP contribution in [0.3, 0.4) is 0 Å². The van der Waals surface area contributed by atoms with Crippen molar-refractivity contribution in [1.29, 1.82) is 0 Å². The zero-order valence-corrected chi connectivity index (χ0v) is 17.5. The van der Waals surface area contributed by atoms with Gasteiger partial charge in [-0.1, -0.05) is 61.2 Å². The Morgan fingerprint density at radius 2 is 1.76 bits per heavy atom. The number of carbonyl (C=O) groups excluding carboxylic acids is 1. The second-order valence-electron chi connectivity index (χ2n) is 7.80. The van der Waals surface area contributed by atoms with Gasteiger partial charge in [0.25, 0.3) is 5.91 Å². The lowest BCUT2D eigenvalue weighted by molar-refractivity contribution is -0.124. The van der Waals surface area contributed by atoms with E-state index in [4.69, 9.17) is 17.0 Å². The van der Waals surface area contributed by atoms with Gasteiger partial charge in [0, 0.05) is 6.04 Å². The van der Waals surface area contributed by atoms with Gasteiger partial charge in [-0.05, 0) is 61.3 Å². The van der Waals surface area contributed by atoms with Crippen molar-refractivity contribution in [3.63, 3.8) is 0 Å². The maximum Gasteiger partial charge on any atom is 0.276 e. The predicted octanol–water partition coefficient (Wildman–Crippen LogP) is 4.96. The molecule has 4 nitrogen and oxygen atoms in total. The number of hydrogen-bond acceptors (Lipinski definition) is 3. The van der Waals surface area contributed by atoms with E-state index in [0.717, 1.165) is 29.7 Å². The molecule has 5 heteroatoms. The van der Waals surface area contributed by atoms with Crippen LogP contribution in [-0.2, 0) is 11.4 Å². The highest BCUT2D eigenvalue weighted by Gasteiger charge is 2.36. The molecule has 1 N–H and O–H groups in total. The third kappa shape index (κ3) is 4.67. The molecule has 2 aromatic rings. The van der Waals surface area contributed by atoms with Crippen LogP contribution >= 0.6 is 12.2 Å². The van der Waals surface area contributed by atoms with E-state index in [1.807, 2.05) is 30.3 Å². The number of nitrogens with one attached hydrogen (secondary N) is 1. The molecule has 0 bridgehead atoms. The molecule has 2 fully saturated rings. The summed E-state index contributed by atoms with van der Waals surface area (Å²) in [6.07, 6.45) is 7.52. The summed E-state index contributed by atoms with van der Waals surface area (Å²) >= 11 is 5.43. The Balaban J connectivity index is 1.39. The SMILES string of the molecule is Cc1ccc(COc2ccc(C=C3NC(=S)N(C4CCCCC4)C3=O)cc2)cc1. The molecule has 1 saturated heterocycles. The number of thiocarbonyl (C=S) groups is 1. The van der Waals surface area contributed by atoms with E-state index in [1.54, 1.807) is 4.90 Å². The first-order valence-corrected chi connectivity index (χ1v) is 10.7. The smallest absolute Gasteiger partial charge is 0.276 e. The molecule has 1 aliphatic heterocycles. The molecule has 1 aliphatic carbocycles. The monoisotopic (exact) mass is 406 g/mol. The minimum absolute atomic E-state index is 0.0124. The Labute approximate surface area is 177 Å². The second-order valence-corrected chi connectivity index (χ2v) is 8.19. The van der Waals surface area contributed by atoms with E-state index < -0.39 is 0 Å². The van der Waals surface area contributed by atoms with Crippen LogP contribution in [0, 0.1) is 6.92 Å². The van der Waals surface area contributed by atoms with Gasteiger partial charge >= 0.3 is 0 Å². The van der Waals surface area contributed by atoms with Crippen molar-refractivity contribution in [2.24, 2.45) is 0 Å². The van der Waals surface area contributed by atoms with Crippen molar-refractivity contribution in [3.8, 4) is 5.75 Å². The summed E-state index contributed by atoms with van der Waals surface area (Å²) < 4.78 is 5.86. The molecule has 29 heavy (non-hydrogen) atoms. The van der Waals surface area contributed by atoms with Crippen molar-refractivity contribution < 1.29 is 9.53 Å². The van der Waals surface area contributed by atoms with E-state index in [2.05, 4.69) is 36.5 Å². The molecule has 2 aliphatic rings. The molecule has 150 valence electrons. The average molecular weight is 407 g/mol. The van der Waals surface area contributed by atoms with Crippen molar-refractivity contribution in [2.45, 2.75) is 51.7 Å². The summed E-state index contributed by atoms with van der Waals surface area (Å²) in [7, 11) is 0. The Morgan fingerprint density at radius 1 is 1.07 bits per heavy atom. The quantitative estimate of drug-likeness (QED) is 0.563. The lowest BCUT2D eigenvalue weighted by atomic mass is 9.94. The fourth-order valence-corrected chi connectivity index (χ4v) is 4.24. The summed E-state index contributed by atoms with van der Waals surface area (Å²) in [4.78, 5) is 14.6. The third-order valence-electron chi connectivity index (χ3n) is 5.57. The predicted molar refractivity (Wildman–Crippen MR) is 119 cm³/mol. The van der Waals surface area contributed by atoms with Gasteiger partial charge in [0.05, 0.1) is 0 Å². The highest BCUT2D eigenvalue weighted by molar-refractivity contribution is 7.80. The number of nitrogens with zero attached hydrogens (tertiary/aromatic N) is 1. The largest absolute Gasteiger partial charge is 0.489 e. The normalized spacial score (nSPS) is 18.9. The molecule has 1 saturated carbocycles. The van der Waals surface area contributed by atoms with E-state index >= 15 is 0 Å². The zero-order chi connectivity index (χ0) is 20.2. The van der Waals surface area contributed by atoms with Crippen molar-refractivity contribution >= 4 is 29.3 Å². The molecule has 0 atom stereocenters. The number of benzene rings is 2. The van der Waals surface area contributed by atoms with Crippen molar-refractivity contribution in [1.82, 2.24) is 10.2 Å². The molecule has 1 amide bonds. The average Bonchev–Trinajstić information content (AvgIpc) is 3.02. The number of ether oxygens (including phenoxy) is 1. The molecule has 0 radical (unpaired) electrons. The third-order valence-corrected chi connectivity index (χ3v) is 5.87. The lowest BCUT2D eigenvalue weighted by Gasteiger charge is -2.29. The maximum absolute atomic E-state index is 12.9. The Hall–Kier alpha value is -2.66. The summed E-state index contributed by atoms with van der Waals surface area (Å²) in [5, 5.41) is 3.64. The van der Waals surface area contributed by atoms with Crippen LogP contribution < -0.4 is 10.1 Å². The number of amides is 1. The Morgan fingerprint density at radius 3 is 2.45 bits per heavy atom. The number of hydrogen-bond donors (Lipinski definition) is 1. The van der Waals surface area contributed by atoms with Gasteiger partial charge in [0.15, 0.2) is 5.11 Å². The van der Waals surface area contributed by atoms with Crippen LogP contribution in [-0.4, -0.2) is 22.0 Å². The molecule has 0 spiro atoms. The molecule has 0 aromatic heterocycles. The van der Waals surface area contributed by atoms with Crippen LogP contribution in [0.1, 0.15) is 48.8 Å². The van der Waals surface area contributed by atoms with Crippen molar-refractivity contribution in [3.05, 3.63) is 70.9 Å². The molecular formula is C24H26N2O2S. The fraction of sp³-hybridized carbons (Fsp3) is 0.333. The summed E-state index contributed by atoms with van der Waals surface area (Å²) in [5.74, 6) is 0.791. The second kappa shape index (κ2) is 8.78. The van der Waals surface area contributed by atoms with Gasteiger partial charge in [0.2, 0.25) is 0 Å².